The molecule has 112 valence electrons. The zero-order valence-corrected chi connectivity index (χ0v) is 13.9. The number of rotatable bonds is 5. The second kappa shape index (κ2) is 5.85. The number of hydrogen-bond donors (Lipinski definition) is 1. The molecule has 0 aliphatic carbocycles. The second-order valence-electron chi connectivity index (χ2n) is 5.58. The van der Waals surface area contributed by atoms with Crippen molar-refractivity contribution in [1.29, 1.82) is 0 Å². The minimum atomic E-state index is -0.702. The van der Waals surface area contributed by atoms with Crippen molar-refractivity contribution in [3.05, 3.63) is 15.9 Å². The molecule has 1 fully saturated rings. The van der Waals surface area contributed by atoms with Crippen LogP contribution < -0.4 is 0 Å². The van der Waals surface area contributed by atoms with E-state index in [9.17, 15) is 9.90 Å². The Hall–Kier alpha value is -0.880. The van der Waals surface area contributed by atoms with Crippen molar-refractivity contribution < 1.29 is 9.90 Å². The molecule has 1 saturated heterocycles. The Bertz CT molecular complexity index is 515. The number of halogens is 1. The van der Waals surface area contributed by atoms with E-state index in [1.807, 2.05) is 25.6 Å². The number of aryl methyl sites for hydroxylation is 2. The van der Waals surface area contributed by atoms with Gasteiger partial charge in [-0.15, -0.1) is 0 Å². The van der Waals surface area contributed by atoms with Crippen LogP contribution in [0.2, 0.25) is 0 Å². The topological polar surface area (TPSA) is 58.4 Å². The van der Waals surface area contributed by atoms with Crippen LogP contribution in [-0.4, -0.2) is 37.8 Å². The van der Waals surface area contributed by atoms with Crippen LogP contribution in [0.1, 0.15) is 44.0 Å². The van der Waals surface area contributed by atoms with Gasteiger partial charge in [0.1, 0.15) is 5.54 Å². The fourth-order valence-electron chi connectivity index (χ4n) is 3.24. The van der Waals surface area contributed by atoms with Crippen molar-refractivity contribution >= 4 is 21.9 Å². The molecule has 1 unspecified atom stereocenters. The van der Waals surface area contributed by atoms with Crippen LogP contribution in [0.25, 0.3) is 0 Å². The van der Waals surface area contributed by atoms with E-state index >= 15 is 0 Å². The Morgan fingerprint density at radius 1 is 1.55 bits per heavy atom. The number of carboxylic acid groups (broad SMARTS) is 1. The Morgan fingerprint density at radius 3 is 2.75 bits per heavy atom. The lowest BCUT2D eigenvalue weighted by atomic mass is 9.90. The summed E-state index contributed by atoms with van der Waals surface area (Å²) in [5.41, 5.74) is 1.29. The van der Waals surface area contributed by atoms with E-state index in [1.165, 1.54) is 0 Å². The van der Waals surface area contributed by atoms with E-state index in [-0.39, 0.29) is 0 Å². The van der Waals surface area contributed by atoms with Gasteiger partial charge in [-0.3, -0.25) is 14.4 Å². The monoisotopic (exact) mass is 343 g/mol. The third-order valence-corrected chi connectivity index (χ3v) is 5.32. The van der Waals surface area contributed by atoms with Crippen molar-refractivity contribution in [2.45, 2.75) is 51.6 Å². The van der Waals surface area contributed by atoms with Gasteiger partial charge in [-0.25, -0.2) is 0 Å². The van der Waals surface area contributed by atoms with Gasteiger partial charge >= 0.3 is 5.97 Å². The van der Waals surface area contributed by atoms with E-state index in [0.29, 0.717) is 13.0 Å². The third kappa shape index (κ3) is 2.51. The normalized spacial score (nSPS) is 23.4. The smallest absolute Gasteiger partial charge is 0.324 e. The van der Waals surface area contributed by atoms with E-state index < -0.39 is 11.5 Å². The first-order chi connectivity index (χ1) is 9.42. The molecule has 1 atom stereocenters. The first-order valence-electron chi connectivity index (χ1n) is 7.08. The zero-order valence-electron chi connectivity index (χ0n) is 12.3. The molecule has 6 heteroatoms. The summed E-state index contributed by atoms with van der Waals surface area (Å²) in [5, 5.41) is 14.1. The summed E-state index contributed by atoms with van der Waals surface area (Å²) < 4.78 is 2.83. The SMILES string of the molecule is CCCC1(C(=O)O)CCCN1Cc1c(Br)c(C)nn1C. The van der Waals surface area contributed by atoms with Crippen LogP contribution in [-0.2, 0) is 18.4 Å². The van der Waals surface area contributed by atoms with E-state index in [2.05, 4.69) is 25.9 Å². The maximum atomic E-state index is 11.8. The Morgan fingerprint density at radius 2 is 2.25 bits per heavy atom. The van der Waals surface area contributed by atoms with E-state index in [4.69, 9.17) is 0 Å². The first-order valence-corrected chi connectivity index (χ1v) is 7.88. The molecular weight excluding hydrogens is 322 g/mol. The van der Waals surface area contributed by atoms with Crippen molar-refractivity contribution in [2.75, 3.05) is 6.54 Å². The average molecular weight is 344 g/mol. The average Bonchev–Trinajstić information content (AvgIpc) is 2.88. The van der Waals surface area contributed by atoms with Gasteiger partial charge in [-0.1, -0.05) is 13.3 Å². The highest BCUT2D eigenvalue weighted by Crippen LogP contribution is 2.36. The van der Waals surface area contributed by atoms with Gasteiger partial charge in [0.05, 0.1) is 15.9 Å². The van der Waals surface area contributed by atoms with Crippen molar-refractivity contribution in [3.63, 3.8) is 0 Å². The largest absolute Gasteiger partial charge is 0.480 e. The highest BCUT2D eigenvalue weighted by molar-refractivity contribution is 9.10. The predicted molar refractivity (Wildman–Crippen MR) is 80.6 cm³/mol. The molecule has 0 amide bonds. The van der Waals surface area contributed by atoms with Crippen LogP contribution in [0.15, 0.2) is 4.47 Å². The third-order valence-electron chi connectivity index (χ3n) is 4.29. The number of carboxylic acids is 1. The van der Waals surface area contributed by atoms with Crippen molar-refractivity contribution in [1.82, 2.24) is 14.7 Å². The van der Waals surface area contributed by atoms with Gasteiger partial charge in [0.15, 0.2) is 0 Å². The maximum Gasteiger partial charge on any atom is 0.324 e. The molecule has 1 aliphatic heterocycles. The Balaban J connectivity index is 2.29. The molecule has 5 nitrogen and oxygen atoms in total. The van der Waals surface area contributed by atoms with Gasteiger partial charge < -0.3 is 5.11 Å². The van der Waals surface area contributed by atoms with Crippen LogP contribution in [0.5, 0.6) is 0 Å². The van der Waals surface area contributed by atoms with Crippen molar-refractivity contribution in [3.8, 4) is 0 Å². The lowest BCUT2D eigenvalue weighted by Crippen LogP contribution is -2.50. The minimum absolute atomic E-state index is 0.629. The summed E-state index contributed by atoms with van der Waals surface area (Å²) >= 11 is 3.56. The molecule has 1 N–H and O–H groups in total. The summed E-state index contributed by atoms with van der Waals surface area (Å²) in [6, 6.07) is 0. The summed E-state index contributed by atoms with van der Waals surface area (Å²) in [4.78, 5) is 13.9. The fraction of sp³-hybridized carbons (Fsp3) is 0.714. The highest BCUT2D eigenvalue weighted by atomic mass is 79.9. The van der Waals surface area contributed by atoms with Gasteiger partial charge in [0.2, 0.25) is 0 Å². The molecule has 2 heterocycles. The molecule has 1 aliphatic rings. The maximum absolute atomic E-state index is 11.8. The number of nitrogens with zero attached hydrogens (tertiary/aromatic N) is 3. The number of likely N-dealkylation sites (tertiary alicyclic amines) is 1. The molecule has 0 aromatic carbocycles. The lowest BCUT2D eigenvalue weighted by Gasteiger charge is -2.34. The van der Waals surface area contributed by atoms with Gasteiger partial charge in [-0.2, -0.15) is 5.10 Å². The number of aliphatic carboxylic acids is 1. The molecule has 1 aromatic heterocycles. The standard InChI is InChI=1S/C14H22BrN3O2/c1-4-6-14(13(19)20)7-5-8-18(14)9-11-12(15)10(2)16-17(11)3/h4-9H2,1-3H3,(H,19,20). The Labute approximate surface area is 128 Å². The quantitative estimate of drug-likeness (QED) is 0.892. The molecule has 1 aromatic rings. The predicted octanol–water partition coefficient (Wildman–Crippen LogP) is 2.71. The summed E-state index contributed by atoms with van der Waals surface area (Å²) in [6.45, 7) is 5.46. The summed E-state index contributed by atoms with van der Waals surface area (Å²) in [6.07, 6.45) is 3.27. The van der Waals surface area contributed by atoms with E-state index in [0.717, 1.165) is 41.7 Å². The van der Waals surface area contributed by atoms with Crippen LogP contribution in [0, 0.1) is 6.92 Å². The molecule has 0 saturated carbocycles. The molecule has 0 spiro atoms. The minimum Gasteiger partial charge on any atom is -0.480 e. The molecular formula is C14H22BrN3O2. The van der Waals surface area contributed by atoms with Crippen LogP contribution in [0.4, 0.5) is 0 Å². The summed E-state index contributed by atoms with van der Waals surface area (Å²) in [5.74, 6) is -0.688. The second-order valence-corrected chi connectivity index (χ2v) is 6.37. The zero-order chi connectivity index (χ0) is 14.9. The fourth-order valence-corrected chi connectivity index (χ4v) is 3.70. The molecule has 0 bridgehead atoms. The Kier molecular flexibility index (Phi) is 4.54. The van der Waals surface area contributed by atoms with Gasteiger partial charge in [-0.05, 0) is 48.7 Å². The first kappa shape index (κ1) is 15.5. The number of hydrogen-bond acceptors (Lipinski definition) is 3. The van der Waals surface area contributed by atoms with Gasteiger partial charge in [0.25, 0.3) is 0 Å². The highest BCUT2D eigenvalue weighted by Gasteiger charge is 2.47. The summed E-state index contributed by atoms with van der Waals surface area (Å²) in [7, 11) is 1.91. The number of carbonyl (C=O) groups is 1. The van der Waals surface area contributed by atoms with E-state index in [1.54, 1.807) is 0 Å². The molecule has 2 rings (SSSR count). The molecule has 0 radical (unpaired) electrons. The van der Waals surface area contributed by atoms with Gasteiger partial charge in [0, 0.05) is 13.6 Å². The van der Waals surface area contributed by atoms with Crippen LogP contribution >= 0.6 is 15.9 Å². The van der Waals surface area contributed by atoms with Crippen LogP contribution in [0.3, 0.4) is 0 Å². The van der Waals surface area contributed by atoms with Crippen molar-refractivity contribution in [2.24, 2.45) is 7.05 Å². The number of aromatic nitrogens is 2. The lowest BCUT2D eigenvalue weighted by molar-refractivity contribution is -0.150. The molecule has 20 heavy (non-hydrogen) atoms.